The largest absolute Gasteiger partial charge is 0.383 e. The van der Waals surface area contributed by atoms with Crippen LogP contribution in [0.1, 0.15) is 5.69 Å². The number of benzene rings is 1. The lowest BCUT2D eigenvalue weighted by Crippen LogP contribution is -1.99. The normalized spacial score (nSPS) is 10.8. The summed E-state index contributed by atoms with van der Waals surface area (Å²) in [7, 11) is 0. The third kappa shape index (κ3) is 3.76. The highest BCUT2D eigenvalue weighted by atomic mass is 79.9. The van der Waals surface area contributed by atoms with Gasteiger partial charge >= 0.3 is 0 Å². The lowest BCUT2D eigenvalue weighted by molar-refractivity contribution is 0.982. The Labute approximate surface area is 144 Å². The van der Waals surface area contributed by atoms with Crippen LogP contribution in [0.2, 0.25) is 0 Å². The molecule has 22 heavy (non-hydrogen) atoms. The molecular weight excluding hydrogens is 382 g/mol. The molecule has 5 nitrogen and oxygen atoms in total. The number of rotatable bonds is 4. The van der Waals surface area contributed by atoms with Crippen molar-refractivity contribution in [1.29, 1.82) is 0 Å². The predicted molar refractivity (Wildman–Crippen MR) is 95.7 cm³/mol. The molecule has 0 atom stereocenters. The zero-order valence-corrected chi connectivity index (χ0v) is 14.6. The Morgan fingerprint density at radius 3 is 2.59 bits per heavy atom. The van der Waals surface area contributed by atoms with E-state index < -0.39 is 0 Å². The third-order valence-electron chi connectivity index (χ3n) is 2.72. The van der Waals surface area contributed by atoms with Crippen molar-refractivity contribution in [2.45, 2.75) is 10.9 Å². The van der Waals surface area contributed by atoms with Crippen molar-refractivity contribution >= 4 is 50.7 Å². The first kappa shape index (κ1) is 15.3. The van der Waals surface area contributed by atoms with Crippen LogP contribution in [-0.2, 0) is 5.75 Å². The molecule has 0 spiro atoms. The van der Waals surface area contributed by atoms with Gasteiger partial charge in [0.05, 0.1) is 5.69 Å². The molecule has 3 rings (SSSR count). The number of halogens is 1. The first-order valence-electron chi connectivity index (χ1n) is 6.33. The molecule has 0 amide bonds. The summed E-state index contributed by atoms with van der Waals surface area (Å²) in [4.78, 5) is 12.9. The van der Waals surface area contributed by atoms with Crippen molar-refractivity contribution in [3.63, 3.8) is 0 Å². The summed E-state index contributed by atoms with van der Waals surface area (Å²) < 4.78 is 1.04. The molecule has 4 N–H and O–H groups in total. The van der Waals surface area contributed by atoms with E-state index in [0.717, 1.165) is 20.7 Å². The van der Waals surface area contributed by atoms with E-state index in [2.05, 4.69) is 36.9 Å². The summed E-state index contributed by atoms with van der Waals surface area (Å²) in [6.45, 7) is 0. The highest BCUT2D eigenvalue weighted by Crippen LogP contribution is 2.28. The Morgan fingerprint density at radius 1 is 1.09 bits per heavy atom. The van der Waals surface area contributed by atoms with Gasteiger partial charge in [0.25, 0.3) is 0 Å². The molecule has 0 aliphatic heterocycles. The maximum absolute atomic E-state index is 5.66. The molecule has 0 saturated carbocycles. The lowest BCUT2D eigenvalue weighted by atomic mass is 10.2. The van der Waals surface area contributed by atoms with E-state index in [1.54, 1.807) is 11.3 Å². The highest BCUT2D eigenvalue weighted by Gasteiger charge is 2.07. The van der Waals surface area contributed by atoms with Gasteiger partial charge in [-0.1, -0.05) is 39.8 Å². The SMILES string of the molecule is Nc1cc(N)nc(SCc2csc(-c3cccc(Br)c3)n2)n1. The van der Waals surface area contributed by atoms with Crippen LogP contribution in [0.5, 0.6) is 0 Å². The van der Waals surface area contributed by atoms with Gasteiger partial charge in [0.15, 0.2) is 5.16 Å². The molecule has 3 aromatic rings. The van der Waals surface area contributed by atoms with Gasteiger partial charge in [-0.05, 0) is 12.1 Å². The van der Waals surface area contributed by atoms with Gasteiger partial charge in [0.1, 0.15) is 16.6 Å². The number of hydrogen-bond acceptors (Lipinski definition) is 7. The van der Waals surface area contributed by atoms with Crippen molar-refractivity contribution < 1.29 is 0 Å². The van der Waals surface area contributed by atoms with E-state index >= 15 is 0 Å². The second-order valence-electron chi connectivity index (χ2n) is 4.44. The monoisotopic (exact) mass is 393 g/mol. The Bertz CT molecular complexity index is 785. The number of nitrogens with two attached hydrogens (primary N) is 2. The number of nitrogens with zero attached hydrogens (tertiary/aromatic N) is 3. The standard InChI is InChI=1S/C14H12BrN5S2/c15-9-3-1-2-8(4-9)13-18-10(6-21-13)7-22-14-19-11(16)5-12(17)20-14/h1-6H,7H2,(H4,16,17,19,20). The van der Waals surface area contributed by atoms with Crippen molar-refractivity contribution in [3.05, 3.63) is 45.9 Å². The molecule has 0 bridgehead atoms. The molecular formula is C14H12BrN5S2. The zero-order valence-electron chi connectivity index (χ0n) is 11.4. The molecule has 0 aliphatic rings. The van der Waals surface area contributed by atoms with Crippen LogP contribution in [0.15, 0.2) is 45.3 Å². The number of nitrogen functional groups attached to an aromatic ring is 2. The van der Waals surface area contributed by atoms with E-state index in [0.29, 0.717) is 22.5 Å². The summed E-state index contributed by atoms with van der Waals surface area (Å²) in [6, 6.07) is 9.63. The molecule has 112 valence electrons. The fourth-order valence-corrected chi connectivity index (χ4v) is 3.88. The predicted octanol–water partition coefficient (Wildman–Crippen LogP) is 3.82. The van der Waals surface area contributed by atoms with Gasteiger partial charge in [-0.3, -0.25) is 0 Å². The zero-order chi connectivity index (χ0) is 15.5. The van der Waals surface area contributed by atoms with E-state index in [9.17, 15) is 0 Å². The van der Waals surface area contributed by atoms with E-state index in [1.165, 1.54) is 17.8 Å². The van der Waals surface area contributed by atoms with Gasteiger partial charge < -0.3 is 11.5 Å². The van der Waals surface area contributed by atoms with E-state index in [-0.39, 0.29) is 0 Å². The summed E-state index contributed by atoms with van der Waals surface area (Å²) in [6.07, 6.45) is 0. The first-order valence-corrected chi connectivity index (χ1v) is 8.99. The summed E-state index contributed by atoms with van der Waals surface area (Å²) in [5.74, 6) is 1.43. The number of anilines is 2. The van der Waals surface area contributed by atoms with Gasteiger partial charge in [0.2, 0.25) is 0 Å². The summed E-state index contributed by atoms with van der Waals surface area (Å²) in [5.41, 5.74) is 13.4. The minimum atomic E-state index is 0.378. The van der Waals surface area contributed by atoms with E-state index in [1.807, 2.05) is 23.6 Å². The molecule has 0 saturated heterocycles. The Kier molecular flexibility index (Phi) is 4.60. The smallest absolute Gasteiger partial charge is 0.191 e. The molecule has 8 heteroatoms. The highest BCUT2D eigenvalue weighted by molar-refractivity contribution is 9.10. The Balaban J connectivity index is 1.72. The summed E-state index contributed by atoms with van der Waals surface area (Å²) >= 11 is 6.56. The average molecular weight is 394 g/mol. The summed E-state index contributed by atoms with van der Waals surface area (Å²) in [5, 5.41) is 3.60. The molecule has 0 radical (unpaired) electrons. The van der Waals surface area contributed by atoms with Gasteiger partial charge in [0, 0.05) is 27.2 Å². The topological polar surface area (TPSA) is 90.7 Å². The van der Waals surface area contributed by atoms with Crippen LogP contribution in [0.4, 0.5) is 11.6 Å². The van der Waals surface area contributed by atoms with Crippen LogP contribution < -0.4 is 11.5 Å². The minimum Gasteiger partial charge on any atom is -0.383 e. The quantitative estimate of drug-likeness (QED) is 0.517. The van der Waals surface area contributed by atoms with Crippen LogP contribution >= 0.6 is 39.0 Å². The second kappa shape index (κ2) is 6.64. The maximum atomic E-state index is 5.66. The van der Waals surface area contributed by atoms with Crippen LogP contribution in [0.25, 0.3) is 10.6 Å². The fourth-order valence-electron chi connectivity index (χ4n) is 1.79. The number of hydrogen-bond donors (Lipinski definition) is 2. The molecule has 0 unspecified atom stereocenters. The number of thioether (sulfide) groups is 1. The number of thiazole rings is 1. The molecule has 2 heterocycles. The average Bonchev–Trinajstić information content (AvgIpc) is 2.93. The van der Waals surface area contributed by atoms with Crippen LogP contribution in [0, 0.1) is 0 Å². The fraction of sp³-hybridized carbons (Fsp3) is 0.0714. The van der Waals surface area contributed by atoms with E-state index in [4.69, 9.17) is 11.5 Å². The lowest BCUT2D eigenvalue weighted by Gasteiger charge is -2.01. The van der Waals surface area contributed by atoms with Crippen LogP contribution in [-0.4, -0.2) is 15.0 Å². The second-order valence-corrected chi connectivity index (χ2v) is 7.16. The van der Waals surface area contributed by atoms with Crippen molar-refractivity contribution in [1.82, 2.24) is 15.0 Å². The van der Waals surface area contributed by atoms with Gasteiger partial charge in [-0.15, -0.1) is 11.3 Å². The molecule has 0 fully saturated rings. The first-order chi connectivity index (χ1) is 10.6. The number of aromatic nitrogens is 3. The van der Waals surface area contributed by atoms with Gasteiger partial charge in [-0.2, -0.15) is 0 Å². The minimum absolute atomic E-state index is 0.378. The third-order valence-corrected chi connectivity index (χ3v) is 5.03. The van der Waals surface area contributed by atoms with Crippen LogP contribution in [0.3, 0.4) is 0 Å². The van der Waals surface area contributed by atoms with Crippen molar-refractivity contribution in [2.24, 2.45) is 0 Å². The molecule has 0 aliphatic carbocycles. The maximum Gasteiger partial charge on any atom is 0.191 e. The van der Waals surface area contributed by atoms with Gasteiger partial charge in [-0.25, -0.2) is 15.0 Å². The Hall–Kier alpha value is -1.64. The molecule has 2 aromatic heterocycles. The Morgan fingerprint density at radius 2 is 1.86 bits per heavy atom. The van der Waals surface area contributed by atoms with Crippen molar-refractivity contribution in [2.75, 3.05) is 11.5 Å². The van der Waals surface area contributed by atoms with Crippen molar-refractivity contribution in [3.8, 4) is 10.6 Å². The molecule has 1 aromatic carbocycles.